The molecule has 2 aliphatic rings. The van der Waals surface area contributed by atoms with Crippen molar-refractivity contribution < 1.29 is 22.7 Å². The largest absolute Gasteiger partial charge is 0.416 e. The molecule has 1 amide bonds. The van der Waals surface area contributed by atoms with Crippen molar-refractivity contribution in [2.75, 3.05) is 25.0 Å². The van der Waals surface area contributed by atoms with Gasteiger partial charge >= 0.3 is 6.18 Å². The van der Waals surface area contributed by atoms with Gasteiger partial charge in [0.1, 0.15) is 6.61 Å². The number of piperidine rings is 1. The lowest BCUT2D eigenvalue weighted by Gasteiger charge is -2.33. The molecule has 1 saturated carbocycles. The van der Waals surface area contributed by atoms with Crippen molar-refractivity contribution in [1.29, 1.82) is 0 Å². The van der Waals surface area contributed by atoms with Crippen LogP contribution in [-0.4, -0.2) is 42.6 Å². The summed E-state index contributed by atoms with van der Waals surface area (Å²) in [5, 5.41) is 3.97. The number of anilines is 1. The van der Waals surface area contributed by atoms with E-state index in [-0.39, 0.29) is 30.2 Å². The number of ether oxygens (including phenoxy) is 1. The zero-order valence-corrected chi connectivity index (χ0v) is 20.7. The molecular weight excluding hydrogens is 477 g/mol. The van der Waals surface area contributed by atoms with Gasteiger partial charge in [-0.3, -0.25) is 4.79 Å². The topological polar surface area (TPSA) is 41.6 Å². The molecule has 1 aliphatic carbocycles. The van der Waals surface area contributed by atoms with E-state index in [4.69, 9.17) is 16.3 Å². The number of hydrogen-bond acceptors (Lipinski definition) is 3. The number of halogens is 4. The van der Waals surface area contributed by atoms with E-state index < -0.39 is 11.7 Å². The van der Waals surface area contributed by atoms with Gasteiger partial charge < -0.3 is 15.0 Å². The first-order valence-corrected chi connectivity index (χ1v) is 12.7. The Bertz CT molecular complexity index is 996. The van der Waals surface area contributed by atoms with Gasteiger partial charge in [0.2, 0.25) is 5.91 Å². The van der Waals surface area contributed by atoms with Gasteiger partial charge in [0, 0.05) is 29.8 Å². The fourth-order valence-corrected chi connectivity index (χ4v) is 5.23. The first kappa shape index (κ1) is 25.8. The summed E-state index contributed by atoms with van der Waals surface area (Å²) in [5.74, 6) is 0.472. The second kappa shape index (κ2) is 11.2. The quantitative estimate of drug-likeness (QED) is 0.466. The number of benzene rings is 2. The predicted molar refractivity (Wildman–Crippen MR) is 132 cm³/mol. The monoisotopic (exact) mass is 508 g/mol. The Hall–Kier alpha value is -2.25. The second-order valence-corrected chi connectivity index (χ2v) is 10.1. The lowest BCUT2D eigenvalue weighted by atomic mass is 9.89. The number of nitrogens with one attached hydrogen (secondary N) is 1. The van der Waals surface area contributed by atoms with E-state index in [1.165, 1.54) is 24.6 Å². The van der Waals surface area contributed by atoms with Crippen LogP contribution >= 0.6 is 11.6 Å². The third-order valence-corrected chi connectivity index (χ3v) is 7.47. The van der Waals surface area contributed by atoms with E-state index in [9.17, 15) is 18.0 Å². The number of carbonyl (C=O) groups excluding carboxylic acids is 1. The van der Waals surface area contributed by atoms with E-state index in [0.29, 0.717) is 11.6 Å². The van der Waals surface area contributed by atoms with E-state index in [1.54, 1.807) is 6.07 Å². The Kier molecular flexibility index (Phi) is 8.27. The number of hydrogen-bond donors (Lipinski definition) is 1. The normalized spacial score (nSPS) is 21.7. The Morgan fingerprint density at radius 3 is 2.31 bits per heavy atom. The number of rotatable bonds is 6. The third-order valence-electron chi connectivity index (χ3n) is 7.22. The standard InChI is InChI=1S/C27H32ClF3N2O2/c1-18-2-7-23(16-25(18)27(29,30)31)32-22-8-10-24(11-9-22)35-17-26(34)33-14-12-20(13-15-33)19-3-5-21(28)6-4-19/h2-7,16,20,22,24,32H,8-15,17H2,1H3. The maximum Gasteiger partial charge on any atom is 0.416 e. The number of alkyl halides is 3. The van der Waals surface area contributed by atoms with E-state index in [0.717, 1.165) is 56.6 Å². The lowest BCUT2D eigenvalue weighted by Crippen LogP contribution is -2.41. The minimum Gasteiger partial charge on any atom is -0.382 e. The van der Waals surface area contributed by atoms with Gasteiger partial charge in [-0.25, -0.2) is 0 Å². The van der Waals surface area contributed by atoms with Crippen LogP contribution in [0.15, 0.2) is 42.5 Å². The van der Waals surface area contributed by atoms with Gasteiger partial charge in [0.25, 0.3) is 0 Å². The number of likely N-dealkylation sites (tertiary alicyclic amines) is 1. The van der Waals surface area contributed by atoms with E-state index in [1.807, 2.05) is 17.0 Å². The number of nitrogens with zero attached hydrogens (tertiary/aromatic N) is 1. The van der Waals surface area contributed by atoms with Crippen molar-refractivity contribution in [1.82, 2.24) is 4.90 Å². The van der Waals surface area contributed by atoms with E-state index in [2.05, 4.69) is 17.4 Å². The smallest absolute Gasteiger partial charge is 0.382 e. The summed E-state index contributed by atoms with van der Waals surface area (Å²) < 4.78 is 45.4. The Balaban J connectivity index is 1.17. The fraction of sp³-hybridized carbons (Fsp3) is 0.519. The molecule has 1 N–H and O–H groups in total. The third kappa shape index (κ3) is 6.91. The van der Waals surface area contributed by atoms with Gasteiger partial charge in [0.15, 0.2) is 0 Å². The van der Waals surface area contributed by atoms with Crippen molar-refractivity contribution in [3.05, 3.63) is 64.2 Å². The van der Waals surface area contributed by atoms with Crippen LogP contribution in [0.5, 0.6) is 0 Å². The molecule has 0 unspecified atom stereocenters. The molecule has 2 fully saturated rings. The summed E-state index contributed by atoms with van der Waals surface area (Å²) in [6, 6.07) is 12.4. The number of carbonyl (C=O) groups is 1. The van der Waals surface area contributed by atoms with Gasteiger partial charge in [0.05, 0.1) is 11.7 Å². The minimum atomic E-state index is -4.36. The SMILES string of the molecule is Cc1ccc(NC2CCC(OCC(=O)N3CCC(c4ccc(Cl)cc4)CC3)CC2)cc1C(F)(F)F. The highest BCUT2D eigenvalue weighted by molar-refractivity contribution is 6.30. The molecule has 0 atom stereocenters. The van der Waals surface area contributed by atoms with Crippen LogP contribution < -0.4 is 5.32 Å². The molecule has 4 rings (SSSR count). The number of amides is 1. The highest BCUT2D eigenvalue weighted by atomic mass is 35.5. The van der Waals surface area contributed by atoms with Crippen LogP contribution in [0.25, 0.3) is 0 Å². The lowest BCUT2D eigenvalue weighted by molar-refractivity contribution is -0.140. The molecule has 190 valence electrons. The summed E-state index contributed by atoms with van der Waals surface area (Å²) in [7, 11) is 0. The van der Waals surface area contributed by atoms with Crippen molar-refractivity contribution in [3.8, 4) is 0 Å². The summed E-state index contributed by atoms with van der Waals surface area (Å²) >= 11 is 5.98. The Morgan fingerprint density at radius 1 is 1.03 bits per heavy atom. The molecule has 1 aliphatic heterocycles. The maximum atomic E-state index is 13.2. The highest BCUT2D eigenvalue weighted by Gasteiger charge is 2.33. The van der Waals surface area contributed by atoms with Crippen LogP contribution in [0, 0.1) is 6.92 Å². The summed E-state index contributed by atoms with van der Waals surface area (Å²) in [6.07, 6.45) is 0.653. The number of aryl methyl sites for hydroxylation is 1. The van der Waals surface area contributed by atoms with Crippen molar-refractivity contribution in [3.63, 3.8) is 0 Å². The highest BCUT2D eigenvalue weighted by Crippen LogP contribution is 2.34. The van der Waals surface area contributed by atoms with Crippen molar-refractivity contribution >= 4 is 23.2 Å². The molecule has 1 saturated heterocycles. The summed E-state index contributed by atoms with van der Waals surface area (Å²) in [4.78, 5) is 14.5. The van der Waals surface area contributed by atoms with Gasteiger partial charge in [-0.15, -0.1) is 0 Å². The van der Waals surface area contributed by atoms with Crippen molar-refractivity contribution in [2.45, 2.75) is 69.7 Å². The molecule has 35 heavy (non-hydrogen) atoms. The van der Waals surface area contributed by atoms with Gasteiger partial charge in [-0.1, -0.05) is 29.8 Å². The van der Waals surface area contributed by atoms with Gasteiger partial charge in [-0.05, 0) is 86.8 Å². The zero-order chi connectivity index (χ0) is 25.0. The Labute approximate surface area is 209 Å². The Morgan fingerprint density at radius 2 is 1.69 bits per heavy atom. The van der Waals surface area contributed by atoms with Crippen LogP contribution in [0.4, 0.5) is 18.9 Å². The molecular formula is C27H32ClF3N2O2. The van der Waals surface area contributed by atoms with Crippen LogP contribution in [0.2, 0.25) is 5.02 Å². The molecule has 0 spiro atoms. The molecule has 0 bridgehead atoms. The molecule has 1 heterocycles. The summed E-state index contributed by atoms with van der Waals surface area (Å²) in [5.41, 5.74) is 1.38. The average Bonchev–Trinajstić information content (AvgIpc) is 2.84. The maximum absolute atomic E-state index is 13.2. The van der Waals surface area contributed by atoms with E-state index >= 15 is 0 Å². The van der Waals surface area contributed by atoms with Gasteiger partial charge in [-0.2, -0.15) is 13.2 Å². The predicted octanol–water partition coefficient (Wildman–Crippen LogP) is 6.81. The van der Waals surface area contributed by atoms with Crippen LogP contribution in [0.1, 0.15) is 61.1 Å². The molecule has 2 aromatic rings. The van der Waals surface area contributed by atoms with Crippen LogP contribution in [0.3, 0.4) is 0 Å². The molecule has 2 aromatic carbocycles. The minimum absolute atomic E-state index is 0.00682. The molecule has 0 radical (unpaired) electrons. The average molecular weight is 509 g/mol. The molecule has 0 aromatic heterocycles. The molecule has 8 heteroatoms. The fourth-order valence-electron chi connectivity index (χ4n) is 5.10. The first-order valence-electron chi connectivity index (χ1n) is 12.3. The summed E-state index contributed by atoms with van der Waals surface area (Å²) in [6.45, 7) is 3.00. The zero-order valence-electron chi connectivity index (χ0n) is 19.9. The van der Waals surface area contributed by atoms with Crippen LogP contribution in [-0.2, 0) is 15.7 Å². The first-order chi connectivity index (χ1) is 16.7. The second-order valence-electron chi connectivity index (χ2n) is 9.66. The molecule has 4 nitrogen and oxygen atoms in total. The van der Waals surface area contributed by atoms with Crippen molar-refractivity contribution in [2.24, 2.45) is 0 Å².